The zero-order valence-electron chi connectivity index (χ0n) is 14.0. The molecule has 1 aromatic carbocycles. The number of aryl methyl sites for hydroxylation is 5. The van der Waals surface area contributed by atoms with E-state index in [2.05, 4.69) is 0 Å². The van der Waals surface area contributed by atoms with Crippen molar-refractivity contribution in [2.75, 3.05) is 11.6 Å². The van der Waals surface area contributed by atoms with Gasteiger partial charge in [-0.25, -0.2) is 8.42 Å². The van der Waals surface area contributed by atoms with Crippen molar-refractivity contribution >= 4 is 15.9 Å². The fourth-order valence-electron chi connectivity index (χ4n) is 2.36. The highest BCUT2D eigenvalue weighted by molar-refractivity contribution is 7.85. The second kappa shape index (κ2) is 6.97. The van der Waals surface area contributed by atoms with Crippen LogP contribution in [0.1, 0.15) is 27.8 Å². The molecule has 0 aliphatic carbocycles. The van der Waals surface area contributed by atoms with Gasteiger partial charge < -0.3 is 4.55 Å². The van der Waals surface area contributed by atoms with Crippen LogP contribution in [-0.4, -0.2) is 13.0 Å². The number of rotatable bonds is 1. The molecule has 0 aliphatic heterocycles. The number of anilines is 1. The third kappa shape index (κ3) is 4.94. The Morgan fingerprint density at radius 3 is 1.78 bits per heavy atom. The molecule has 1 aromatic heterocycles. The van der Waals surface area contributed by atoms with E-state index in [-0.39, 0.29) is 4.90 Å². The number of hydrogen-bond donors (Lipinski definition) is 2. The number of aromatic nitrogens is 1. The van der Waals surface area contributed by atoms with Gasteiger partial charge in [0.2, 0.25) is 0 Å². The second-order valence-corrected chi connectivity index (χ2v) is 6.97. The summed E-state index contributed by atoms with van der Waals surface area (Å²) in [4.78, 5) is -0.0851. The van der Waals surface area contributed by atoms with Crippen molar-refractivity contribution in [1.82, 2.24) is 0 Å². The lowest BCUT2D eigenvalue weighted by Crippen LogP contribution is -2.47. The summed E-state index contributed by atoms with van der Waals surface area (Å²) in [5.74, 6) is 6.07. The van der Waals surface area contributed by atoms with Gasteiger partial charge in [-0.15, -0.1) is 4.68 Å². The molecule has 0 aliphatic rings. The predicted molar refractivity (Wildman–Crippen MR) is 89.3 cm³/mol. The lowest BCUT2D eigenvalue weighted by atomic mass is 10.1. The number of nitrogen functional groups attached to an aromatic ring is 2. The van der Waals surface area contributed by atoms with Gasteiger partial charge in [0.15, 0.2) is 0 Å². The van der Waals surface area contributed by atoms with Crippen LogP contribution in [-0.2, 0) is 10.1 Å². The largest absolute Gasteiger partial charge is 0.744 e. The van der Waals surface area contributed by atoms with Gasteiger partial charge >= 0.3 is 0 Å². The fourth-order valence-corrected chi connectivity index (χ4v) is 3.26. The minimum atomic E-state index is -4.33. The van der Waals surface area contributed by atoms with Gasteiger partial charge in [0.25, 0.3) is 5.82 Å². The number of nitrogens with two attached hydrogens (primary N) is 2. The number of nitrogens with zero attached hydrogens (tertiary/aromatic N) is 1. The first-order valence-corrected chi connectivity index (χ1v) is 8.41. The van der Waals surface area contributed by atoms with Crippen molar-refractivity contribution in [1.29, 1.82) is 0 Å². The first-order chi connectivity index (χ1) is 10.4. The maximum absolute atomic E-state index is 10.8. The van der Waals surface area contributed by atoms with Crippen LogP contribution in [0.4, 0.5) is 5.82 Å². The van der Waals surface area contributed by atoms with E-state index in [0.29, 0.717) is 16.9 Å². The van der Waals surface area contributed by atoms with Crippen molar-refractivity contribution in [2.45, 2.75) is 39.5 Å². The third-order valence-corrected chi connectivity index (χ3v) is 4.62. The summed E-state index contributed by atoms with van der Waals surface area (Å²) in [5.41, 5.74) is 9.85. The Hall–Kier alpha value is -2.12. The lowest BCUT2D eigenvalue weighted by Gasteiger charge is -2.14. The number of hydrogen-bond acceptors (Lipinski definition) is 5. The molecule has 4 N–H and O–H groups in total. The Labute approximate surface area is 137 Å². The van der Waals surface area contributed by atoms with Crippen molar-refractivity contribution in [3.05, 3.63) is 52.2 Å². The van der Waals surface area contributed by atoms with Crippen LogP contribution in [0.5, 0.6) is 0 Å². The summed E-state index contributed by atoms with van der Waals surface area (Å²) in [6.07, 6.45) is 1.81. The average Bonchev–Trinajstić information content (AvgIpc) is 2.34. The molecule has 0 fully saturated rings. The maximum Gasteiger partial charge on any atom is 0.295 e. The highest BCUT2D eigenvalue weighted by Gasteiger charge is 2.09. The Morgan fingerprint density at radius 2 is 1.39 bits per heavy atom. The molecule has 2 aromatic rings. The molecule has 23 heavy (non-hydrogen) atoms. The van der Waals surface area contributed by atoms with E-state index < -0.39 is 10.1 Å². The predicted octanol–water partition coefficient (Wildman–Crippen LogP) is 1.40. The van der Waals surface area contributed by atoms with Gasteiger partial charge in [0, 0.05) is 6.07 Å². The summed E-state index contributed by atoms with van der Waals surface area (Å²) in [6.45, 7) is 9.13. The van der Waals surface area contributed by atoms with Crippen LogP contribution in [0.15, 0.2) is 29.3 Å². The van der Waals surface area contributed by atoms with E-state index in [1.54, 1.807) is 26.0 Å². The summed E-state index contributed by atoms with van der Waals surface area (Å²) in [5, 5.41) is 0. The van der Waals surface area contributed by atoms with E-state index in [0.717, 1.165) is 11.1 Å². The lowest BCUT2D eigenvalue weighted by molar-refractivity contribution is -0.624. The van der Waals surface area contributed by atoms with E-state index in [4.69, 9.17) is 11.6 Å². The molecular formula is C16H23N3O3S. The maximum atomic E-state index is 10.8. The van der Waals surface area contributed by atoms with Crippen molar-refractivity contribution < 1.29 is 17.6 Å². The summed E-state index contributed by atoms with van der Waals surface area (Å²) in [6, 6.07) is 5.24. The Bertz CT molecular complexity index is 757. The van der Waals surface area contributed by atoms with E-state index in [1.165, 1.54) is 10.2 Å². The summed E-state index contributed by atoms with van der Waals surface area (Å²) >= 11 is 0. The topological polar surface area (TPSA) is 113 Å². The normalized spacial score (nSPS) is 10.9. The first kappa shape index (κ1) is 18.9. The monoisotopic (exact) mass is 337 g/mol. The van der Waals surface area contributed by atoms with Gasteiger partial charge in [-0.2, -0.15) is 0 Å². The van der Waals surface area contributed by atoms with Crippen LogP contribution in [0.2, 0.25) is 0 Å². The quantitative estimate of drug-likeness (QED) is 0.464. The molecule has 2 rings (SSSR count). The second-order valence-electron chi connectivity index (χ2n) is 5.65. The molecule has 0 unspecified atom stereocenters. The Kier molecular flexibility index (Phi) is 5.74. The minimum Gasteiger partial charge on any atom is -0.744 e. The molecule has 7 heteroatoms. The van der Waals surface area contributed by atoms with Crippen LogP contribution >= 0.6 is 0 Å². The summed E-state index contributed by atoms with van der Waals surface area (Å²) in [7, 11) is -4.33. The molecular weight excluding hydrogens is 314 g/mol. The van der Waals surface area contributed by atoms with E-state index in [1.807, 2.05) is 33.0 Å². The van der Waals surface area contributed by atoms with Crippen molar-refractivity contribution in [3.8, 4) is 0 Å². The highest BCUT2D eigenvalue weighted by Crippen LogP contribution is 2.20. The molecule has 0 spiro atoms. The molecule has 0 radical (unpaired) electrons. The smallest absolute Gasteiger partial charge is 0.295 e. The Balaban J connectivity index is 0.000000238. The van der Waals surface area contributed by atoms with Crippen LogP contribution in [0.25, 0.3) is 0 Å². The minimum absolute atomic E-state index is 0.0851. The molecule has 1 heterocycles. The fraction of sp³-hybridized carbons (Fsp3) is 0.312. The van der Waals surface area contributed by atoms with E-state index >= 15 is 0 Å². The third-order valence-electron chi connectivity index (χ3n) is 3.47. The van der Waals surface area contributed by atoms with Gasteiger partial charge in [-0.05, 0) is 56.9 Å². The SMILES string of the molecule is Cc1cc(C)c(S(=O)(=O)[O-])c(C)c1.Cc1cc(N)[n+](N)cc1C. The average molecular weight is 337 g/mol. The molecule has 0 saturated heterocycles. The molecule has 0 amide bonds. The zero-order chi connectivity index (χ0) is 17.9. The van der Waals surface area contributed by atoms with Crippen molar-refractivity contribution in [2.24, 2.45) is 0 Å². The molecule has 0 atom stereocenters. The first-order valence-electron chi connectivity index (χ1n) is 7.00. The van der Waals surface area contributed by atoms with Gasteiger partial charge in [0.1, 0.15) is 16.3 Å². The Morgan fingerprint density at radius 1 is 0.913 bits per heavy atom. The molecule has 0 saturated carbocycles. The van der Waals surface area contributed by atoms with Crippen LogP contribution in [0, 0.1) is 34.6 Å². The zero-order valence-corrected chi connectivity index (χ0v) is 14.9. The number of pyridine rings is 1. The molecule has 126 valence electrons. The van der Waals surface area contributed by atoms with Gasteiger partial charge in [-0.3, -0.25) is 11.6 Å². The molecule has 6 nitrogen and oxygen atoms in total. The highest BCUT2D eigenvalue weighted by atomic mass is 32.2. The standard InChI is InChI=1S/C9H12O3S.C7H11N3/c1-6-4-7(2)9(8(3)5-6)13(10,11)12;1-5-3-7(8)10(9)4-6(5)2/h4-5H,1-3H3,(H,10,11,12);3-4,8H,9H2,1-2H3. The van der Waals surface area contributed by atoms with Crippen molar-refractivity contribution in [3.63, 3.8) is 0 Å². The van der Waals surface area contributed by atoms with Crippen LogP contribution < -0.4 is 16.3 Å². The van der Waals surface area contributed by atoms with Gasteiger partial charge in [-0.1, -0.05) is 17.7 Å². The number of benzene rings is 1. The molecule has 0 bridgehead atoms. The summed E-state index contributed by atoms with van der Waals surface area (Å²) < 4.78 is 33.9. The van der Waals surface area contributed by atoms with E-state index in [9.17, 15) is 13.0 Å². The van der Waals surface area contributed by atoms with Gasteiger partial charge in [0.05, 0.1) is 4.90 Å². The van der Waals surface area contributed by atoms with Crippen LogP contribution in [0.3, 0.4) is 0 Å².